The second-order valence-electron chi connectivity index (χ2n) is 5.52. The number of carbonyl (C=O) groups excluding carboxylic acids is 4. The highest BCUT2D eigenvalue weighted by Gasteiger charge is 2.25. The van der Waals surface area contributed by atoms with E-state index in [4.69, 9.17) is 24.5 Å². The Hall–Kier alpha value is -2.53. The second kappa shape index (κ2) is 17.9. The standard InChI is InChI=1S/C8H12O5.C6H10O3.C2H4O3.CH4/c1-5(2)8(10)12-4-7-11-3-6(9)13-7;1-5(2)6(8)9-4-3-7;3-1-2(4)5;/h5,7H,3-4H2,1-2H3;3,5H,4H2,1-2H3;3H,1H2,(H,4,5);1H4. The van der Waals surface area contributed by atoms with Gasteiger partial charge in [0.2, 0.25) is 6.29 Å². The summed E-state index contributed by atoms with van der Waals surface area (Å²) in [5.41, 5.74) is 0. The van der Waals surface area contributed by atoms with Crippen LogP contribution in [0.25, 0.3) is 0 Å². The molecule has 0 bridgehead atoms. The van der Waals surface area contributed by atoms with Crippen molar-refractivity contribution >= 4 is 30.2 Å². The summed E-state index contributed by atoms with van der Waals surface area (Å²) in [6, 6.07) is 0. The molecule has 0 aromatic carbocycles. The predicted molar refractivity (Wildman–Crippen MR) is 94.9 cm³/mol. The van der Waals surface area contributed by atoms with Crippen LogP contribution in [0.1, 0.15) is 35.1 Å². The van der Waals surface area contributed by atoms with Crippen molar-refractivity contribution in [2.75, 3.05) is 26.4 Å². The number of aldehydes is 1. The highest BCUT2D eigenvalue weighted by Crippen LogP contribution is 2.06. The van der Waals surface area contributed by atoms with E-state index in [-0.39, 0.29) is 51.0 Å². The topological polar surface area (TPSA) is 163 Å². The minimum absolute atomic E-state index is 0. The molecule has 0 aliphatic carbocycles. The first-order chi connectivity index (χ1) is 12.5. The van der Waals surface area contributed by atoms with E-state index in [1.165, 1.54) is 0 Å². The molecular weight excluding hydrogens is 380 g/mol. The molecule has 0 amide bonds. The summed E-state index contributed by atoms with van der Waals surface area (Å²) >= 11 is 0. The van der Waals surface area contributed by atoms with Crippen LogP contribution in [-0.2, 0) is 42.9 Å². The van der Waals surface area contributed by atoms with Gasteiger partial charge in [0.05, 0.1) is 11.8 Å². The molecule has 0 saturated carbocycles. The summed E-state index contributed by atoms with van der Waals surface area (Å²) in [5, 5.41) is 15.0. The molecule has 2 N–H and O–H groups in total. The van der Waals surface area contributed by atoms with Gasteiger partial charge >= 0.3 is 23.9 Å². The van der Waals surface area contributed by atoms with Gasteiger partial charge in [-0.05, 0) is 0 Å². The molecule has 1 aliphatic heterocycles. The van der Waals surface area contributed by atoms with Crippen molar-refractivity contribution in [1.29, 1.82) is 0 Å². The number of carboxylic acids is 1. The van der Waals surface area contributed by atoms with Gasteiger partial charge in [-0.25, -0.2) is 9.59 Å². The average molecular weight is 410 g/mol. The lowest BCUT2D eigenvalue weighted by molar-refractivity contribution is -0.164. The van der Waals surface area contributed by atoms with E-state index in [1.54, 1.807) is 27.7 Å². The average Bonchev–Trinajstić information content (AvgIpc) is 3.03. The maximum absolute atomic E-state index is 11.0. The number of hydrogen-bond donors (Lipinski definition) is 2. The quantitative estimate of drug-likeness (QED) is 0.334. The number of carbonyl (C=O) groups is 5. The molecule has 1 rings (SSSR count). The van der Waals surface area contributed by atoms with Crippen LogP contribution in [0.5, 0.6) is 0 Å². The zero-order valence-corrected chi connectivity index (χ0v) is 15.7. The summed E-state index contributed by atoms with van der Waals surface area (Å²) in [4.78, 5) is 50.8. The Labute approximate surface area is 163 Å². The Balaban J connectivity index is -0.000000365. The molecule has 11 nitrogen and oxygen atoms in total. The number of hydrogen-bond acceptors (Lipinski definition) is 10. The summed E-state index contributed by atoms with van der Waals surface area (Å²) in [6.07, 6.45) is -0.171. The van der Waals surface area contributed by atoms with Gasteiger partial charge in [0.25, 0.3) is 0 Å². The van der Waals surface area contributed by atoms with Crippen molar-refractivity contribution in [3.8, 4) is 0 Å². The first-order valence-electron chi connectivity index (χ1n) is 7.95. The number of esters is 3. The highest BCUT2D eigenvalue weighted by molar-refractivity contribution is 5.73. The van der Waals surface area contributed by atoms with E-state index in [1.807, 2.05) is 0 Å². The molecule has 0 radical (unpaired) electrons. The van der Waals surface area contributed by atoms with Crippen LogP contribution in [0, 0.1) is 11.8 Å². The third-order valence-corrected chi connectivity index (χ3v) is 2.38. The van der Waals surface area contributed by atoms with Crippen LogP contribution in [-0.4, -0.2) is 73.1 Å². The number of aliphatic carboxylic acids is 1. The van der Waals surface area contributed by atoms with Crippen LogP contribution in [0.2, 0.25) is 0 Å². The molecule has 1 fully saturated rings. The van der Waals surface area contributed by atoms with Crippen molar-refractivity contribution in [1.82, 2.24) is 0 Å². The van der Waals surface area contributed by atoms with Crippen LogP contribution in [0.4, 0.5) is 0 Å². The van der Waals surface area contributed by atoms with E-state index in [0.29, 0.717) is 6.29 Å². The number of ether oxygens (including phenoxy) is 4. The molecule has 1 atom stereocenters. The lowest BCUT2D eigenvalue weighted by Crippen LogP contribution is -2.22. The van der Waals surface area contributed by atoms with Crippen molar-refractivity contribution in [2.24, 2.45) is 11.8 Å². The third kappa shape index (κ3) is 18.3. The van der Waals surface area contributed by atoms with Gasteiger partial charge in [0.15, 0.2) is 12.9 Å². The third-order valence-electron chi connectivity index (χ3n) is 2.38. The fourth-order valence-electron chi connectivity index (χ4n) is 1.06. The van der Waals surface area contributed by atoms with Gasteiger partial charge < -0.3 is 29.2 Å². The lowest BCUT2D eigenvalue weighted by Gasteiger charge is -2.10. The summed E-state index contributed by atoms with van der Waals surface area (Å²) < 4.78 is 18.7. The molecule has 0 aromatic rings. The predicted octanol–water partition coefficient (Wildman–Crippen LogP) is 0.169. The molecule has 1 aliphatic rings. The van der Waals surface area contributed by atoms with Crippen molar-refractivity contribution < 1.29 is 53.1 Å². The summed E-state index contributed by atoms with van der Waals surface area (Å²) in [7, 11) is 0. The fraction of sp³-hybridized carbons (Fsp3) is 0.706. The highest BCUT2D eigenvalue weighted by atomic mass is 16.8. The Morgan fingerprint density at radius 2 is 1.61 bits per heavy atom. The van der Waals surface area contributed by atoms with Gasteiger partial charge in [-0.1, -0.05) is 35.1 Å². The molecule has 0 spiro atoms. The summed E-state index contributed by atoms with van der Waals surface area (Å²) in [5.74, 6) is -2.61. The number of carboxylic acid groups (broad SMARTS) is 1. The zero-order valence-electron chi connectivity index (χ0n) is 15.7. The maximum atomic E-state index is 11.0. The van der Waals surface area contributed by atoms with Crippen LogP contribution < -0.4 is 0 Å². The monoisotopic (exact) mass is 410 g/mol. The van der Waals surface area contributed by atoms with Crippen molar-refractivity contribution in [2.45, 2.75) is 41.4 Å². The van der Waals surface area contributed by atoms with Crippen molar-refractivity contribution in [3.63, 3.8) is 0 Å². The number of aliphatic hydroxyl groups is 1. The molecule has 28 heavy (non-hydrogen) atoms. The summed E-state index contributed by atoms with van der Waals surface area (Å²) in [6.45, 7) is 5.89. The van der Waals surface area contributed by atoms with Gasteiger partial charge in [0.1, 0.15) is 19.8 Å². The van der Waals surface area contributed by atoms with E-state index < -0.39 is 24.8 Å². The molecule has 1 saturated heterocycles. The molecule has 11 heteroatoms. The van der Waals surface area contributed by atoms with E-state index in [2.05, 4.69) is 9.47 Å². The number of aliphatic hydroxyl groups excluding tert-OH is 1. The fourth-order valence-corrected chi connectivity index (χ4v) is 1.06. The normalized spacial score (nSPS) is 14.4. The van der Waals surface area contributed by atoms with Gasteiger partial charge in [0, 0.05) is 0 Å². The first kappa shape index (κ1) is 30.2. The maximum Gasteiger partial charge on any atom is 0.334 e. The minimum Gasteiger partial charge on any atom is -0.480 e. The Morgan fingerprint density at radius 1 is 1.14 bits per heavy atom. The molecule has 1 heterocycles. The largest absolute Gasteiger partial charge is 0.480 e. The first-order valence-corrected chi connectivity index (χ1v) is 7.95. The van der Waals surface area contributed by atoms with E-state index in [9.17, 15) is 19.2 Å². The SMILES string of the molecule is C.CC(C)C(=O)OCC1OCC(=O)O1.CC(C)C(=O)OCC=O.O=C(O)CO. The Bertz CT molecular complexity index is 485. The van der Waals surface area contributed by atoms with E-state index >= 15 is 0 Å². The molecule has 1 unspecified atom stereocenters. The van der Waals surface area contributed by atoms with Crippen LogP contribution >= 0.6 is 0 Å². The molecule has 164 valence electrons. The van der Waals surface area contributed by atoms with Gasteiger partial charge in [-0.3, -0.25) is 14.4 Å². The van der Waals surface area contributed by atoms with Gasteiger partial charge in [-0.2, -0.15) is 0 Å². The molecular formula is C17H30O11. The molecule has 0 aromatic heterocycles. The Kier molecular flexibility index (Phi) is 19.3. The van der Waals surface area contributed by atoms with Crippen LogP contribution in [0.15, 0.2) is 0 Å². The Morgan fingerprint density at radius 3 is 1.93 bits per heavy atom. The zero-order chi connectivity index (χ0) is 21.4. The number of cyclic esters (lactones) is 1. The number of rotatable bonds is 7. The van der Waals surface area contributed by atoms with Gasteiger partial charge in [-0.15, -0.1) is 0 Å². The smallest absolute Gasteiger partial charge is 0.334 e. The second-order valence-corrected chi connectivity index (χ2v) is 5.52. The van der Waals surface area contributed by atoms with Crippen LogP contribution in [0.3, 0.4) is 0 Å². The van der Waals surface area contributed by atoms with Crippen molar-refractivity contribution in [3.05, 3.63) is 0 Å². The minimum atomic E-state index is -1.19. The lowest BCUT2D eigenvalue weighted by atomic mass is 10.2. The van der Waals surface area contributed by atoms with E-state index in [0.717, 1.165) is 0 Å².